The number of hydrogen-bond acceptors (Lipinski definition) is 4. The number of nitrogens with zero attached hydrogens (tertiary/aromatic N) is 3. The van der Waals surface area contributed by atoms with Gasteiger partial charge < -0.3 is 4.57 Å². The summed E-state index contributed by atoms with van der Waals surface area (Å²) in [5.41, 5.74) is 5.81. The maximum Gasteiger partial charge on any atom is 0.250 e. The van der Waals surface area contributed by atoms with Gasteiger partial charge in [0.15, 0.2) is 5.16 Å². The third-order valence-corrected chi connectivity index (χ3v) is 5.41. The van der Waals surface area contributed by atoms with Crippen molar-refractivity contribution in [2.24, 2.45) is 5.10 Å². The van der Waals surface area contributed by atoms with Crippen molar-refractivity contribution >= 4 is 34.9 Å². The SMILES string of the molecule is O=C(CSc1nc2ccccc2n1Cc1ccccc1)N/N=C/c1ccccc1F. The predicted molar refractivity (Wildman–Crippen MR) is 118 cm³/mol. The molecule has 0 aliphatic carbocycles. The van der Waals surface area contributed by atoms with Crippen LogP contribution in [-0.2, 0) is 11.3 Å². The quantitative estimate of drug-likeness (QED) is 0.274. The lowest BCUT2D eigenvalue weighted by atomic mass is 10.2. The maximum atomic E-state index is 13.6. The molecular formula is C23H19FN4OS. The minimum absolute atomic E-state index is 0.146. The number of fused-ring (bicyclic) bond motifs is 1. The van der Waals surface area contributed by atoms with Crippen LogP contribution < -0.4 is 5.43 Å². The molecule has 1 amide bonds. The molecule has 3 aromatic carbocycles. The van der Waals surface area contributed by atoms with Crippen LogP contribution in [-0.4, -0.2) is 27.4 Å². The van der Waals surface area contributed by atoms with Gasteiger partial charge in [-0.1, -0.05) is 72.4 Å². The van der Waals surface area contributed by atoms with Gasteiger partial charge in [0.2, 0.25) is 0 Å². The van der Waals surface area contributed by atoms with E-state index in [0.717, 1.165) is 21.8 Å². The molecule has 150 valence electrons. The summed E-state index contributed by atoms with van der Waals surface area (Å²) in [4.78, 5) is 16.9. The number of carbonyl (C=O) groups is 1. The summed E-state index contributed by atoms with van der Waals surface area (Å²) >= 11 is 1.34. The van der Waals surface area contributed by atoms with Crippen molar-refractivity contribution in [1.29, 1.82) is 0 Å². The highest BCUT2D eigenvalue weighted by Gasteiger charge is 2.13. The molecule has 0 aliphatic heterocycles. The largest absolute Gasteiger partial charge is 0.314 e. The van der Waals surface area contributed by atoms with Gasteiger partial charge in [-0.2, -0.15) is 5.10 Å². The number of halogens is 1. The van der Waals surface area contributed by atoms with Crippen molar-refractivity contribution in [2.75, 3.05) is 5.75 Å². The highest BCUT2D eigenvalue weighted by atomic mass is 32.2. The number of hydrazone groups is 1. The number of carbonyl (C=O) groups excluding carboxylic acids is 1. The van der Waals surface area contributed by atoms with Gasteiger partial charge in [-0.25, -0.2) is 14.8 Å². The molecule has 7 heteroatoms. The molecule has 0 saturated carbocycles. The predicted octanol–water partition coefficient (Wildman–Crippen LogP) is 4.47. The third-order valence-electron chi connectivity index (χ3n) is 4.43. The lowest BCUT2D eigenvalue weighted by Crippen LogP contribution is -2.20. The van der Waals surface area contributed by atoms with E-state index in [1.54, 1.807) is 18.2 Å². The van der Waals surface area contributed by atoms with Crippen molar-refractivity contribution in [3.63, 3.8) is 0 Å². The van der Waals surface area contributed by atoms with Gasteiger partial charge >= 0.3 is 0 Å². The number of aromatic nitrogens is 2. The fraction of sp³-hybridized carbons (Fsp3) is 0.0870. The van der Waals surface area contributed by atoms with Crippen molar-refractivity contribution in [3.8, 4) is 0 Å². The minimum Gasteiger partial charge on any atom is -0.314 e. The normalized spacial score (nSPS) is 11.2. The molecule has 30 heavy (non-hydrogen) atoms. The Balaban J connectivity index is 1.45. The van der Waals surface area contributed by atoms with E-state index in [0.29, 0.717) is 12.1 Å². The monoisotopic (exact) mass is 418 g/mol. The van der Waals surface area contributed by atoms with Crippen molar-refractivity contribution in [1.82, 2.24) is 15.0 Å². The van der Waals surface area contributed by atoms with Gasteiger partial charge in [0.1, 0.15) is 5.82 Å². The van der Waals surface area contributed by atoms with E-state index in [1.807, 2.05) is 42.5 Å². The van der Waals surface area contributed by atoms with E-state index in [9.17, 15) is 9.18 Å². The summed E-state index contributed by atoms with van der Waals surface area (Å²) in [7, 11) is 0. The number of thioether (sulfide) groups is 1. The van der Waals surface area contributed by atoms with E-state index < -0.39 is 0 Å². The summed E-state index contributed by atoms with van der Waals surface area (Å²) in [5.74, 6) is -0.530. The molecule has 0 saturated heterocycles. The van der Waals surface area contributed by atoms with E-state index >= 15 is 0 Å². The zero-order valence-electron chi connectivity index (χ0n) is 16.0. The van der Waals surface area contributed by atoms with Gasteiger partial charge in [0.05, 0.1) is 29.5 Å². The number of rotatable bonds is 7. The summed E-state index contributed by atoms with van der Waals surface area (Å²) < 4.78 is 15.7. The van der Waals surface area contributed by atoms with Crippen molar-refractivity contribution in [3.05, 3.63) is 95.8 Å². The molecule has 0 unspecified atom stereocenters. The second-order valence-corrected chi connectivity index (χ2v) is 7.50. The molecule has 5 nitrogen and oxygen atoms in total. The lowest BCUT2D eigenvalue weighted by Gasteiger charge is -2.09. The van der Waals surface area contributed by atoms with E-state index in [4.69, 9.17) is 0 Å². The van der Waals surface area contributed by atoms with Crippen LogP contribution in [0.15, 0.2) is 89.1 Å². The fourth-order valence-corrected chi connectivity index (χ4v) is 3.80. The Morgan fingerprint density at radius 2 is 1.77 bits per heavy atom. The number of imidazole rings is 1. The average Bonchev–Trinajstić information content (AvgIpc) is 3.12. The Hall–Kier alpha value is -3.45. The first-order valence-corrected chi connectivity index (χ1v) is 10.4. The molecule has 0 radical (unpaired) electrons. The van der Waals surface area contributed by atoms with Crippen LogP contribution in [0.4, 0.5) is 4.39 Å². The highest BCUT2D eigenvalue weighted by Crippen LogP contribution is 2.25. The highest BCUT2D eigenvalue weighted by molar-refractivity contribution is 7.99. The van der Waals surface area contributed by atoms with Crippen LogP contribution >= 0.6 is 11.8 Å². The van der Waals surface area contributed by atoms with Gasteiger partial charge in [-0.15, -0.1) is 0 Å². The van der Waals surface area contributed by atoms with Gasteiger partial charge in [0.25, 0.3) is 5.91 Å². The summed E-state index contributed by atoms with van der Waals surface area (Å²) in [6.07, 6.45) is 1.29. The molecule has 0 fully saturated rings. The second-order valence-electron chi connectivity index (χ2n) is 6.56. The minimum atomic E-state index is -0.389. The summed E-state index contributed by atoms with van der Waals surface area (Å²) in [5, 5.41) is 4.60. The molecule has 4 aromatic rings. The molecule has 0 aliphatic rings. The lowest BCUT2D eigenvalue weighted by molar-refractivity contribution is -0.118. The van der Waals surface area contributed by atoms with Gasteiger partial charge in [0, 0.05) is 5.56 Å². The zero-order chi connectivity index (χ0) is 20.8. The van der Waals surface area contributed by atoms with Crippen LogP contribution in [0.1, 0.15) is 11.1 Å². The Kier molecular flexibility index (Phi) is 6.20. The average molecular weight is 418 g/mol. The molecule has 4 rings (SSSR count). The number of nitrogens with one attached hydrogen (secondary N) is 1. The first-order chi connectivity index (χ1) is 14.7. The topological polar surface area (TPSA) is 59.3 Å². The third kappa shape index (κ3) is 4.75. The van der Waals surface area contributed by atoms with Crippen LogP contribution in [0.2, 0.25) is 0 Å². The van der Waals surface area contributed by atoms with E-state index in [2.05, 4.69) is 32.2 Å². The van der Waals surface area contributed by atoms with Gasteiger partial charge in [-0.05, 0) is 23.8 Å². The zero-order valence-corrected chi connectivity index (χ0v) is 16.8. The number of hydrogen-bond donors (Lipinski definition) is 1. The first kappa shape index (κ1) is 19.8. The Morgan fingerprint density at radius 1 is 1.03 bits per heavy atom. The number of amides is 1. The fourth-order valence-electron chi connectivity index (χ4n) is 3.00. The molecule has 1 N–H and O–H groups in total. The maximum absolute atomic E-state index is 13.6. The summed E-state index contributed by atoms with van der Waals surface area (Å²) in [6, 6.07) is 24.3. The Labute approximate surface area is 177 Å². The number of benzene rings is 3. The van der Waals surface area contributed by atoms with Crippen LogP contribution in [0.3, 0.4) is 0 Å². The van der Waals surface area contributed by atoms with Crippen molar-refractivity contribution in [2.45, 2.75) is 11.7 Å². The van der Waals surface area contributed by atoms with Gasteiger partial charge in [-0.3, -0.25) is 4.79 Å². The van der Waals surface area contributed by atoms with Crippen LogP contribution in [0.5, 0.6) is 0 Å². The van der Waals surface area contributed by atoms with E-state index in [-0.39, 0.29) is 17.5 Å². The molecular weight excluding hydrogens is 399 g/mol. The molecule has 0 bridgehead atoms. The van der Waals surface area contributed by atoms with Crippen molar-refractivity contribution < 1.29 is 9.18 Å². The molecule has 1 aromatic heterocycles. The standard InChI is InChI=1S/C23H19FN4OS/c24-19-11-5-4-10-18(19)14-25-27-22(29)16-30-23-26-20-12-6-7-13-21(20)28(23)15-17-8-2-1-3-9-17/h1-14H,15-16H2,(H,27,29)/b25-14+. The smallest absolute Gasteiger partial charge is 0.250 e. The molecule has 1 heterocycles. The number of para-hydroxylation sites is 2. The summed E-state index contributed by atoms with van der Waals surface area (Å²) in [6.45, 7) is 0.663. The Morgan fingerprint density at radius 3 is 2.60 bits per heavy atom. The van der Waals surface area contributed by atoms with E-state index in [1.165, 1.54) is 24.0 Å². The molecule has 0 atom stereocenters. The first-order valence-electron chi connectivity index (χ1n) is 9.39. The Bertz CT molecular complexity index is 1190. The van der Waals surface area contributed by atoms with Crippen LogP contribution in [0.25, 0.3) is 11.0 Å². The van der Waals surface area contributed by atoms with Crippen LogP contribution in [0, 0.1) is 5.82 Å². The molecule has 0 spiro atoms. The second kappa shape index (κ2) is 9.37.